The Hall–Kier alpha value is -2.84. The Kier molecular flexibility index (Phi) is 6.02. The zero-order chi connectivity index (χ0) is 24.9. The molecule has 2 aliphatic rings. The Morgan fingerprint density at radius 3 is 2.47 bits per heavy atom. The molecular weight excluding hydrogens is 501 g/mol. The summed E-state index contributed by atoms with van der Waals surface area (Å²) < 4.78 is 68.8. The fraction of sp³-hybridized carbons (Fsp3) is 0.350. The Morgan fingerprint density at radius 2 is 1.91 bits per heavy atom. The molecule has 4 rings (SSSR count). The second-order valence-corrected chi connectivity index (χ2v) is 11.4. The molecule has 1 aliphatic carbocycles. The lowest BCUT2D eigenvalue weighted by atomic mass is 10.1. The molecule has 182 valence electrons. The van der Waals surface area contributed by atoms with Crippen LogP contribution in [-0.4, -0.2) is 56.7 Å². The second-order valence-electron chi connectivity index (χ2n) is 7.77. The van der Waals surface area contributed by atoms with Crippen molar-refractivity contribution in [2.45, 2.75) is 35.1 Å². The van der Waals surface area contributed by atoms with Gasteiger partial charge in [-0.05, 0) is 18.4 Å². The maximum atomic E-state index is 13.5. The smallest absolute Gasteiger partial charge is 0.452 e. The highest BCUT2D eigenvalue weighted by atomic mass is 32.3. The van der Waals surface area contributed by atoms with Crippen molar-refractivity contribution in [3.63, 3.8) is 0 Å². The van der Waals surface area contributed by atoms with Gasteiger partial charge in [0.15, 0.2) is 0 Å². The number of carboxylic acids is 2. The zero-order valence-corrected chi connectivity index (χ0v) is 18.7. The number of allylic oxidation sites excluding steroid dienone is 1. The molecule has 0 saturated heterocycles. The molecule has 3 atom stereocenters. The highest BCUT2D eigenvalue weighted by molar-refractivity contribution is 8.18. The Bertz CT molecular complexity index is 1260. The molecule has 0 radical (unpaired) electrons. The summed E-state index contributed by atoms with van der Waals surface area (Å²) in [7, 11) is -4.54. The second kappa shape index (κ2) is 8.43. The van der Waals surface area contributed by atoms with Crippen molar-refractivity contribution >= 4 is 38.6 Å². The Morgan fingerprint density at radius 1 is 1.24 bits per heavy atom. The standard InChI is InChI=1S/C20H17F3N2O7S2/c21-20(22,23)15-8-13(24-32-15)14-6-7-17(33-14)34(30,31)25(10-16(26)27)19(18(28)29)9-12(19)11-4-2-1-3-5-11/h1-6,8,12,17H,7,9-10H2,(H,26,27)(H,28,29)/t12-,17?,19+/m0/s1. The molecule has 9 nitrogen and oxygen atoms in total. The van der Waals surface area contributed by atoms with Crippen molar-refractivity contribution in [1.29, 1.82) is 0 Å². The van der Waals surface area contributed by atoms with E-state index in [2.05, 4.69) is 9.68 Å². The van der Waals surface area contributed by atoms with Gasteiger partial charge >= 0.3 is 18.1 Å². The topological polar surface area (TPSA) is 138 Å². The molecule has 2 aromatic rings. The molecule has 0 amide bonds. The van der Waals surface area contributed by atoms with E-state index >= 15 is 0 Å². The number of aromatic nitrogens is 1. The number of hydrogen-bond donors (Lipinski definition) is 2. The van der Waals surface area contributed by atoms with E-state index in [1.807, 2.05) is 0 Å². The third-order valence-electron chi connectivity index (χ3n) is 5.66. The van der Waals surface area contributed by atoms with E-state index in [0.717, 1.165) is 0 Å². The fourth-order valence-electron chi connectivity index (χ4n) is 3.99. The number of carbonyl (C=O) groups is 2. The normalized spacial score (nSPS) is 24.8. The van der Waals surface area contributed by atoms with Crippen LogP contribution in [0, 0.1) is 0 Å². The van der Waals surface area contributed by atoms with Gasteiger partial charge in [0.1, 0.15) is 22.4 Å². The van der Waals surface area contributed by atoms with Gasteiger partial charge < -0.3 is 14.7 Å². The number of rotatable bonds is 8. The average Bonchev–Trinajstić information content (AvgIpc) is 3.10. The highest BCUT2D eigenvalue weighted by Gasteiger charge is 2.69. The summed E-state index contributed by atoms with van der Waals surface area (Å²) in [5.41, 5.74) is -1.66. The lowest BCUT2D eigenvalue weighted by Crippen LogP contribution is -2.52. The zero-order valence-electron chi connectivity index (χ0n) is 17.1. The van der Waals surface area contributed by atoms with Gasteiger partial charge in [-0.2, -0.15) is 17.5 Å². The number of halogens is 3. The van der Waals surface area contributed by atoms with Crippen LogP contribution >= 0.6 is 11.8 Å². The Balaban J connectivity index is 1.63. The molecule has 14 heteroatoms. The minimum absolute atomic E-state index is 0.0999. The van der Waals surface area contributed by atoms with Crippen LogP contribution in [0.5, 0.6) is 0 Å². The van der Waals surface area contributed by atoms with Gasteiger partial charge in [-0.1, -0.05) is 41.6 Å². The van der Waals surface area contributed by atoms with Gasteiger partial charge in [0, 0.05) is 16.9 Å². The summed E-state index contributed by atoms with van der Waals surface area (Å²) in [5.74, 6) is -5.13. The van der Waals surface area contributed by atoms with Crippen molar-refractivity contribution in [3.8, 4) is 0 Å². The summed E-state index contributed by atoms with van der Waals surface area (Å²) in [4.78, 5) is 23.9. The maximum Gasteiger partial charge on any atom is 0.452 e. The molecule has 1 fully saturated rings. The summed E-state index contributed by atoms with van der Waals surface area (Å²) in [5, 5.41) is 22.7. The van der Waals surface area contributed by atoms with E-state index in [4.69, 9.17) is 0 Å². The van der Waals surface area contributed by atoms with Crippen molar-refractivity contribution in [2.24, 2.45) is 0 Å². The molecule has 2 N–H and O–H groups in total. The lowest BCUT2D eigenvalue weighted by molar-refractivity contribution is -0.155. The molecule has 1 saturated carbocycles. The van der Waals surface area contributed by atoms with Crippen LogP contribution in [0.1, 0.15) is 35.8 Å². The largest absolute Gasteiger partial charge is 0.480 e. The number of aliphatic carboxylic acids is 2. The summed E-state index contributed by atoms with van der Waals surface area (Å²) >= 11 is 0.658. The highest BCUT2D eigenvalue weighted by Crippen LogP contribution is 2.58. The van der Waals surface area contributed by atoms with Crippen molar-refractivity contribution in [2.75, 3.05) is 6.54 Å². The summed E-state index contributed by atoms with van der Waals surface area (Å²) in [6.45, 7) is -1.08. The summed E-state index contributed by atoms with van der Waals surface area (Å²) in [6, 6.07) is 8.92. The van der Waals surface area contributed by atoms with E-state index in [1.165, 1.54) is 6.08 Å². The first-order chi connectivity index (χ1) is 15.9. The van der Waals surface area contributed by atoms with Crippen LogP contribution in [-0.2, 0) is 25.8 Å². The van der Waals surface area contributed by atoms with Crippen molar-refractivity contribution in [3.05, 3.63) is 59.5 Å². The maximum absolute atomic E-state index is 13.5. The van der Waals surface area contributed by atoms with E-state index in [1.54, 1.807) is 30.3 Å². The van der Waals surface area contributed by atoms with Crippen LogP contribution in [0.15, 0.2) is 47.0 Å². The van der Waals surface area contributed by atoms with E-state index < -0.39 is 56.5 Å². The van der Waals surface area contributed by atoms with Crippen LogP contribution in [0.2, 0.25) is 0 Å². The third kappa shape index (κ3) is 4.20. The van der Waals surface area contributed by atoms with Gasteiger partial charge in [-0.25, -0.2) is 8.42 Å². The Labute approximate surface area is 195 Å². The van der Waals surface area contributed by atoms with Crippen LogP contribution in [0.4, 0.5) is 13.2 Å². The first-order valence-corrected chi connectivity index (χ1v) is 12.2. The van der Waals surface area contributed by atoms with E-state index in [9.17, 15) is 41.4 Å². The van der Waals surface area contributed by atoms with Gasteiger partial charge in [0.05, 0.1) is 0 Å². The molecule has 0 bridgehead atoms. The van der Waals surface area contributed by atoms with Crippen LogP contribution in [0.25, 0.3) is 4.91 Å². The molecule has 0 spiro atoms. The number of thioether (sulfide) groups is 1. The minimum atomic E-state index is -4.77. The molecule has 1 aromatic heterocycles. The van der Waals surface area contributed by atoms with Crippen LogP contribution < -0.4 is 0 Å². The predicted octanol–water partition coefficient (Wildman–Crippen LogP) is 3.22. The first kappa shape index (κ1) is 24.3. The van der Waals surface area contributed by atoms with Gasteiger partial charge in [-0.15, -0.1) is 11.8 Å². The number of benzene rings is 1. The molecular formula is C20H17F3N2O7S2. The molecule has 1 unspecified atom stereocenters. The molecule has 1 aromatic carbocycles. The first-order valence-electron chi connectivity index (χ1n) is 9.80. The fourth-order valence-corrected chi connectivity index (χ4v) is 7.63. The number of nitrogens with zero attached hydrogens (tertiary/aromatic N) is 2. The predicted molar refractivity (Wildman–Crippen MR) is 113 cm³/mol. The molecule has 34 heavy (non-hydrogen) atoms. The number of sulfonamides is 1. The summed E-state index contributed by atoms with van der Waals surface area (Å²) in [6.07, 6.45) is -3.73. The number of carboxylic acid groups (broad SMARTS) is 2. The monoisotopic (exact) mass is 518 g/mol. The van der Waals surface area contributed by atoms with Crippen molar-refractivity contribution < 1.29 is 45.9 Å². The van der Waals surface area contributed by atoms with Crippen molar-refractivity contribution in [1.82, 2.24) is 9.46 Å². The van der Waals surface area contributed by atoms with E-state index in [-0.39, 0.29) is 23.4 Å². The van der Waals surface area contributed by atoms with Gasteiger partial charge in [-0.3, -0.25) is 9.59 Å². The van der Waals surface area contributed by atoms with Gasteiger partial charge in [0.2, 0.25) is 15.8 Å². The third-order valence-corrected chi connectivity index (χ3v) is 9.69. The molecule has 2 heterocycles. The van der Waals surface area contributed by atoms with E-state index in [0.29, 0.717) is 27.7 Å². The quantitative estimate of drug-likeness (QED) is 0.539. The molecule has 1 aliphatic heterocycles. The average molecular weight is 518 g/mol. The number of hydrogen-bond acceptors (Lipinski definition) is 7. The lowest BCUT2D eigenvalue weighted by Gasteiger charge is -2.30. The van der Waals surface area contributed by atoms with Gasteiger partial charge in [0.25, 0.3) is 0 Å². The van der Waals surface area contributed by atoms with Crippen LogP contribution in [0.3, 0.4) is 0 Å². The minimum Gasteiger partial charge on any atom is -0.480 e. The number of alkyl halides is 3. The SMILES string of the molecule is O=C(O)CN([C@]1(C(=O)O)C[C@H]1c1ccccc1)S(=O)(=O)C1CC=C(c2cc(C(F)(F)F)on2)S1.